The molecule has 1 aromatic rings. The topological polar surface area (TPSA) is 99.3 Å². The summed E-state index contributed by atoms with van der Waals surface area (Å²) in [7, 11) is 0. The highest BCUT2D eigenvalue weighted by Gasteiger charge is 2.49. The van der Waals surface area contributed by atoms with Crippen molar-refractivity contribution in [2.75, 3.05) is 32.8 Å². The Kier molecular flexibility index (Phi) is 9.32. The van der Waals surface area contributed by atoms with E-state index in [0.717, 1.165) is 6.07 Å². The first kappa shape index (κ1) is 31.1. The molecular weight excluding hydrogens is 553 g/mol. The predicted octanol–water partition coefficient (Wildman–Crippen LogP) is 4.27. The van der Waals surface area contributed by atoms with Crippen LogP contribution in [0.2, 0.25) is 0 Å². The highest BCUT2D eigenvalue weighted by Crippen LogP contribution is 2.42. The maximum absolute atomic E-state index is 14.1. The number of nitrogens with one attached hydrogen (secondary N) is 1. The molecule has 1 fully saturated rings. The Bertz CT molecular complexity index is 1280. The zero-order chi connectivity index (χ0) is 30.8. The third-order valence-electron chi connectivity index (χ3n) is 7.85. The highest BCUT2D eigenvalue weighted by molar-refractivity contribution is 6.03. The molecule has 3 heterocycles. The van der Waals surface area contributed by atoms with Crippen molar-refractivity contribution in [3.8, 4) is 0 Å². The largest absolute Gasteiger partial charge is 0.466 e. The third-order valence-corrected chi connectivity index (χ3v) is 7.85. The minimum Gasteiger partial charge on any atom is -0.466 e. The monoisotopic (exact) mass is 590 g/mol. The van der Waals surface area contributed by atoms with Crippen LogP contribution in [-0.4, -0.2) is 77.3 Å². The molecule has 9 nitrogen and oxygen atoms in total. The number of amides is 4. The fraction of sp³-hybridized carbons (Fsp3) is 0.533. The molecule has 4 amide bonds. The molecule has 0 aliphatic carbocycles. The van der Waals surface area contributed by atoms with Crippen molar-refractivity contribution in [3.63, 3.8) is 0 Å². The van der Waals surface area contributed by atoms with Crippen molar-refractivity contribution in [2.24, 2.45) is 11.8 Å². The second kappa shape index (κ2) is 12.6. The Morgan fingerprint density at radius 3 is 2.57 bits per heavy atom. The van der Waals surface area contributed by atoms with Crippen LogP contribution in [0.25, 0.3) is 0 Å². The summed E-state index contributed by atoms with van der Waals surface area (Å²) in [5, 5.41) is 2.59. The fourth-order valence-corrected chi connectivity index (χ4v) is 5.98. The number of urea groups is 1. The van der Waals surface area contributed by atoms with Gasteiger partial charge in [0.15, 0.2) is 0 Å². The quantitative estimate of drug-likeness (QED) is 0.342. The molecule has 3 aliphatic rings. The summed E-state index contributed by atoms with van der Waals surface area (Å²) in [4.78, 5) is 58.0. The van der Waals surface area contributed by atoms with Crippen molar-refractivity contribution in [1.82, 2.24) is 20.0 Å². The molecule has 4 rings (SSSR count). The van der Waals surface area contributed by atoms with Crippen LogP contribution >= 0.6 is 0 Å². The van der Waals surface area contributed by atoms with Crippen molar-refractivity contribution in [1.29, 1.82) is 0 Å². The fourth-order valence-electron chi connectivity index (χ4n) is 5.98. The Hall–Kier alpha value is -3.83. The lowest BCUT2D eigenvalue weighted by atomic mass is 9.91. The van der Waals surface area contributed by atoms with Crippen LogP contribution in [-0.2, 0) is 25.3 Å². The molecule has 1 N–H and O–H groups in total. The smallest absolute Gasteiger partial charge is 0.416 e. The summed E-state index contributed by atoms with van der Waals surface area (Å²) in [6, 6.07) is 1.87. The van der Waals surface area contributed by atoms with Gasteiger partial charge in [0.1, 0.15) is 6.04 Å². The van der Waals surface area contributed by atoms with Gasteiger partial charge in [-0.3, -0.25) is 19.3 Å². The number of carbonyl (C=O) groups excluding carboxylic acids is 4. The van der Waals surface area contributed by atoms with Gasteiger partial charge in [0.25, 0.3) is 5.91 Å². The molecule has 0 bridgehead atoms. The van der Waals surface area contributed by atoms with Gasteiger partial charge in [-0.1, -0.05) is 38.1 Å². The number of piperidine rings is 1. The Morgan fingerprint density at radius 1 is 1.21 bits per heavy atom. The maximum Gasteiger partial charge on any atom is 0.416 e. The molecule has 3 unspecified atom stereocenters. The first-order valence-electron chi connectivity index (χ1n) is 14.2. The second-order valence-electron chi connectivity index (χ2n) is 11.2. The van der Waals surface area contributed by atoms with Gasteiger partial charge in [-0.2, -0.15) is 13.2 Å². The van der Waals surface area contributed by atoms with Crippen molar-refractivity contribution < 1.29 is 37.1 Å². The van der Waals surface area contributed by atoms with Crippen LogP contribution in [0.5, 0.6) is 0 Å². The minimum absolute atomic E-state index is 0.00208. The van der Waals surface area contributed by atoms with E-state index in [1.807, 2.05) is 13.8 Å². The zero-order valence-corrected chi connectivity index (χ0v) is 24.1. The third kappa shape index (κ3) is 6.17. The summed E-state index contributed by atoms with van der Waals surface area (Å²) in [5.41, 5.74) is -0.967. The average molecular weight is 591 g/mol. The van der Waals surface area contributed by atoms with Gasteiger partial charge < -0.3 is 19.9 Å². The van der Waals surface area contributed by atoms with Crippen LogP contribution in [0, 0.1) is 11.8 Å². The molecule has 228 valence electrons. The first-order valence-corrected chi connectivity index (χ1v) is 14.2. The number of hydrogen-bond donors (Lipinski definition) is 1. The highest BCUT2D eigenvalue weighted by atomic mass is 19.4. The molecule has 3 aliphatic heterocycles. The molecule has 42 heavy (non-hydrogen) atoms. The van der Waals surface area contributed by atoms with Crippen LogP contribution in [0.3, 0.4) is 0 Å². The van der Waals surface area contributed by atoms with E-state index >= 15 is 0 Å². The zero-order valence-electron chi connectivity index (χ0n) is 24.1. The van der Waals surface area contributed by atoms with Gasteiger partial charge in [-0.05, 0) is 43.7 Å². The number of alkyl halides is 3. The number of halogens is 3. The number of benzene rings is 1. The van der Waals surface area contributed by atoms with Crippen molar-refractivity contribution >= 4 is 23.8 Å². The first-order chi connectivity index (χ1) is 19.9. The van der Waals surface area contributed by atoms with Crippen LogP contribution in [0.1, 0.15) is 57.2 Å². The lowest BCUT2D eigenvalue weighted by Crippen LogP contribution is -2.53. The molecule has 0 spiro atoms. The molecule has 1 saturated heterocycles. The van der Waals surface area contributed by atoms with E-state index in [-0.39, 0.29) is 60.9 Å². The molecule has 3 atom stereocenters. The van der Waals surface area contributed by atoms with E-state index in [1.54, 1.807) is 11.8 Å². The number of carbonyl (C=O) groups is 4. The SMILES string of the molecule is C=CCN1C(=O)NC(c2ccccc2C(F)(F)F)C2=C1CN(C(CC(C)C)C(=O)N1CCCC(C(=O)OCC)C1)C2=O. The number of esters is 1. The van der Waals surface area contributed by atoms with Crippen LogP contribution in [0.4, 0.5) is 18.0 Å². The van der Waals surface area contributed by atoms with E-state index in [9.17, 15) is 32.3 Å². The molecule has 0 saturated carbocycles. The predicted molar refractivity (Wildman–Crippen MR) is 148 cm³/mol. The van der Waals surface area contributed by atoms with E-state index in [2.05, 4.69) is 11.9 Å². The van der Waals surface area contributed by atoms with Crippen molar-refractivity contribution in [3.05, 3.63) is 59.3 Å². The van der Waals surface area contributed by atoms with Crippen LogP contribution < -0.4 is 5.32 Å². The number of hydrogen-bond acceptors (Lipinski definition) is 5. The van der Waals surface area contributed by atoms with Gasteiger partial charge >= 0.3 is 18.2 Å². The Labute approximate surface area is 243 Å². The van der Waals surface area contributed by atoms with E-state index in [1.165, 1.54) is 34.1 Å². The summed E-state index contributed by atoms with van der Waals surface area (Å²) in [5.74, 6) is -1.82. The number of rotatable bonds is 9. The lowest BCUT2D eigenvalue weighted by Gasteiger charge is -2.37. The number of likely N-dealkylation sites (tertiary alicyclic amines) is 1. The van der Waals surface area contributed by atoms with E-state index in [4.69, 9.17) is 4.74 Å². The summed E-state index contributed by atoms with van der Waals surface area (Å²) < 4.78 is 47.2. The molecule has 0 radical (unpaired) electrons. The summed E-state index contributed by atoms with van der Waals surface area (Å²) in [6.07, 6.45) is -1.80. The van der Waals surface area contributed by atoms with Crippen LogP contribution in [0.15, 0.2) is 48.2 Å². The summed E-state index contributed by atoms with van der Waals surface area (Å²) >= 11 is 0. The van der Waals surface area contributed by atoms with Gasteiger partial charge in [0.05, 0.1) is 41.9 Å². The molecule has 12 heteroatoms. The van der Waals surface area contributed by atoms with Gasteiger partial charge in [-0.15, -0.1) is 6.58 Å². The minimum atomic E-state index is -4.72. The van der Waals surface area contributed by atoms with Gasteiger partial charge in [0, 0.05) is 19.6 Å². The number of nitrogens with zero attached hydrogens (tertiary/aromatic N) is 3. The number of ether oxygens (including phenoxy) is 1. The average Bonchev–Trinajstić information content (AvgIpc) is 3.29. The maximum atomic E-state index is 14.1. The van der Waals surface area contributed by atoms with Gasteiger partial charge in [0.2, 0.25) is 5.91 Å². The Balaban J connectivity index is 1.72. The molecule has 1 aromatic carbocycles. The molecule has 0 aromatic heterocycles. The normalized spacial score (nSPS) is 21.8. The Morgan fingerprint density at radius 2 is 1.93 bits per heavy atom. The van der Waals surface area contributed by atoms with E-state index in [0.29, 0.717) is 25.8 Å². The second-order valence-corrected chi connectivity index (χ2v) is 11.2. The van der Waals surface area contributed by atoms with E-state index < -0.39 is 41.7 Å². The lowest BCUT2D eigenvalue weighted by molar-refractivity contribution is -0.153. The molecular formula is C30H37F3N4O5. The van der Waals surface area contributed by atoms with Crippen molar-refractivity contribution in [2.45, 2.75) is 58.3 Å². The standard InChI is InChI=1S/C30H37F3N4O5/c1-5-13-36-23-17-37(22(15-18(3)4)26(38)35-14-9-10-19(16-35)28(40)42-6-2)27(39)24(23)25(34-29(36)41)20-11-7-8-12-21(20)30(31,32)33/h5,7-8,11-12,18-19,22,25H,1,6,9-10,13-17H2,2-4H3,(H,34,41). The summed E-state index contributed by atoms with van der Waals surface area (Å²) in [6.45, 7) is 9.89. The van der Waals surface area contributed by atoms with Gasteiger partial charge in [-0.25, -0.2) is 4.79 Å².